The first kappa shape index (κ1) is 23.4. The molecule has 2 heterocycles. The second kappa shape index (κ2) is 8.63. The van der Waals surface area contributed by atoms with Gasteiger partial charge in [-0.3, -0.25) is 0 Å². The van der Waals surface area contributed by atoms with E-state index >= 15 is 0 Å². The summed E-state index contributed by atoms with van der Waals surface area (Å²) in [4.78, 5) is 13.0. The first-order valence-corrected chi connectivity index (χ1v) is 13.3. The molecule has 6 heteroatoms. The summed E-state index contributed by atoms with van der Waals surface area (Å²) in [5.74, 6) is 0.792. The van der Waals surface area contributed by atoms with Crippen molar-refractivity contribution in [2.45, 2.75) is 37.1 Å². The van der Waals surface area contributed by atoms with E-state index in [1.165, 1.54) is 17.7 Å². The minimum Gasteiger partial charge on any atom is -0.504 e. The zero-order valence-electron chi connectivity index (χ0n) is 21.6. The smallest absolute Gasteiger partial charge is 0.161 e. The maximum atomic E-state index is 14.3. The van der Waals surface area contributed by atoms with E-state index in [-0.39, 0.29) is 17.0 Å². The van der Waals surface area contributed by atoms with E-state index in [0.29, 0.717) is 35.4 Å². The number of hydrogen-bond acceptors (Lipinski definition) is 5. The van der Waals surface area contributed by atoms with Crippen molar-refractivity contribution < 1.29 is 14.2 Å². The maximum Gasteiger partial charge on any atom is 0.161 e. The van der Waals surface area contributed by atoms with Crippen LogP contribution in [0.2, 0.25) is 0 Å². The average molecular weight is 508 g/mol. The lowest BCUT2D eigenvalue weighted by Gasteiger charge is -2.58. The van der Waals surface area contributed by atoms with Crippen LogP contribution in [0.1, 0.15) is 28.9 Å². The molecule has 3 aromatic carbocycles. The largest absolute Gasteiger partial charge is 0.504 e. The van der Waals surface area contributed by atoms with Gasteiger partial charge in [-0.05, 0) is 62.5 Å². The van der Waals surface area contributed by atoms with Crippen LogP contribution in [0.4, 0.5) is 4.39 Å². The highest BCUT2D eigenvalue weighted by Gasteiger charge is 2.56. The Morgan fingerprint density at radius 3 is 2.50 bits per heavy atom. The summed E-state index contributed by atoms with van der Waals surface area (Å²) in [5, 5.41) is 11.4. The molecule has 5 nitrogen and oxygen atoms in total. The number of aromatic hydroxyl groups is 1. The Labute approximate surface area is 222 Å². The van der Waals surface area contributed by atoms with E-state index in [9.17, 15) is 9.50 Å². The number of aromatic nitrogens is 2. The van der Waals surface area contributed by atoms with Gasteiger partial charge < -0.3 is 14.7 Å². The Bertz CT molecular complexity index is 1560. The molecule has 1 N–H and O–H groups in total. The van der Waals surface area contributed by atoms with Gasteiger partial charge in [-0.1, -0.05) is 48.5 Å². The Hall–Kier alpha value is -3.77. The molecule has 0 unspecified atom stereocenters. The average Bonchev–Trinajstić information content (AvgIpc) is 2.93. The number of ether oxygens (including phenoxy) is 1. The summed E-state index contributed by atoms with van der Waals surface area (Å²) in [6.07, 6.45) is 3.30. The van der Waals surface area contributed by atoms with E-state index in [2.05, 4.69) is 18.0 Å². The number of hydrogen-bond donors (Lipinski definition) is 1. The third-order valence-corrected chi connectivity index (χ3v) is 9.12. The maximum absolute atomic E-state index is 14.3. The molecule has 3 aliphatic rings. The van der Waals surface area contributed by atoms with Crippen LogP contribution < -0.4 is 4.74 Å². The van der Waals surface area contributed by atoms with Gasteiger partial charge >= 0.3 is 0 Å². The quantitative estimate of drug-likeness (QED) is 0.393. The summed E-state index contributed by atoms with van der Waals surface area (Å²) in [6, 6.07) is 21.0. The van der Waals surface area contributed by atoms with Crippen LogP contribution in [-0.2, 0) is 24.7 Å². The van der Waals surface area contributed by atoms with Crippen LogP contribution in [0.5, 0.6) is 11.5 Å². The molecule has 2 aliphatic carbocycles. The number of phenolic OH excluding ortho intramolecular Hbond substituents is 1. The second-order valence-electron chi connectivity index (χ2n) is 11.0. The summed E-state index contributed by atoms with van der Waals surface area (Å²) in [7, 11) is 3.82. The zero-order chi connectivity index (χ0) is 26.0. The zero-order valence-corrected chi connectivity index (χ0v) is 21.6. The molecular formula is C32H30FN3O2. The summed E-state index contributed by atoms with van der Waals surface area (Å²) < 4.78 is 19.9. The normalized spacial score (nSPS) is 23.8. The van der Waals surface area contributed by atoms with Gasteiger partial charge in [0.2, 0.25) is 0 Å². The number of halogens is 1. The van der Waals surface area contributed by atoms with Crippen LogP contribution in [0.15, 0.2) is 66.7 Å². The molecule has 0 spiro atoms. The lowest BCUT2D eigenvalue weighted by molar-refractivity contribution is 0.0210. The Kier molecular flexibility index (Phi) is 5.31. The summed E-state index contributed by atoms with van der Waals surface area (Å²) in [5.41, 5.74) is 7.08. The standard InChI is InChI=1S/C32H30FN3O2/c1-36-14-13-32-18-25-24(17-23(32)26(36)16-20-11-12-27(38-2)31(37)28(20)32)34-29(19-7-4-3-5-8-19)30(35-25)21-9-6-10-22(33)15-21/h3-12,15,23,26,37H,13-14,16-18H2,1-2H3/t23-,26+,32-/m1/s1. The van der Waals surface area contributed by atoms with E-state index in [4.69, 9.17) is 14.7 Å². The first-order chi connectivity index (χ1) is 18.5. The highest BCUT2D eigenvalue weighted by atomic mass is 19.1. The fourth-order valence-corrected chi connectivity index (χ4v) is 7.33. The van der Waals surface area contributed by atoms with Crippen molar-refractivity contribution in [1.29, 1.82) is 0 Å². The molecule has 0 radical (unpaired) electrons. The molecule has 0 saturated carbocycles. The number of nitrogens with zero attached hydrogens (tertiary/aromatic N) is 3. The fraction of sp³-hybridized carbons (Fsp3) is 0.312. The lowest BCUT2D eigenvalue weighted by Crippen LogP contribution is -2.61. The molecule has 1 aliphatic heterocycles. The van der Waals surface area contributed by atoms with Crippen LogP contribution in [0.25, 0.3) is 22.5 Å². The SMILES string of the molecule is COc1ccc2c(c1O)[C@@]13CCN(C)[C@@H](C2)[C@H]1Cc1nc(-c2ccccc2)c(-c2cccc(F)c2)nc1C3. The Morgan fingerprint density at radius 2 is 1.71 bits per heavy atom. The summed E-state index contributed by atoms with van der Waals surface area (Å²) in [6.45, 7) is 0.957. The number of methoxy groups -OCH3 is 1. The monoisotopic (exact) mass is 507 g/mol. The lowest BCUT2D eigenvalue weighted by atomic mass is 9.52. The van der Waals surface area contributed by atoms with Crippen LogP contribution in [0.3, 0.4) is 0 Å². The predicted molar refractivity (Wildman–Crippen MR) is 145 cm³/mol. The van der Waals surface area contributed by atoms with Gasteiger partial charge in [0.15, 0.2) is 11.5 Å². The van der Waals surface area contributed by atoms with Gasteiger partial charge in [0.05, 0.1) is 29.9 Å². The van der Waals surface area contributed by atoms with Crippen molar-refractivity contribution in [2.24, 2.45) is 5.92 Å². The number of likely N-dealkylation sites (N-methyl/N-ethyl adjacent to an activating group) is 1. The second-order valence-corrected chi connectivity index (χ2v) is 11.0. The number of benzene rings is 3. The minimum absolute atomic E-state index is 0.251. The number of rotatable bonds is 3. The van der Waals surface area contributed by atoms with Gasteiger partial charge in [-0.2, -0.15) is 0 Å². The molecule has 1 aromatic heterocycles. The van der Waals surface area contributed by atoms with Crippen molar-refractivity contribution in [3.63, 3.8) is 0 Å². The molecule has 4 aromatic rings. The first-order valence-electron chi connectivity index (χ1n) is 13.3. The van der Waals surface area contributed by atoms with Crippen molar-refractivity contribution >= 4 is 0 Å². The highest BCUT2D eigenvalue weighted by Crippen LogP contribution is 2.57. The molecule has 7 rings (SSSR count). The van der Waals surface area contributed by atoms with Gasteiger partial charge in [0.1, 0.15) is 5.82 Å². The molecule has 2 bridgehead atoms. The van der Waals surface area contributed by atoms with Gasteiger partial charge in [0, 0.05) is 34.6 Å². The van der Waals surface area contributed by atoms with E-state index in [1.807, 2.05) is 42.5 Å². The van der Waals surface area contributed by atoms with Crippen molar-refractivity contribution in [1.82, 2.24) is 14.9 Å². The molecule has 1 fully saturated rings. The molecule has 38 heavy (non-hydrogen) atoms. The minimum atomic E-state index is -0.295. The number of likely N-dealkylation sites (tertiary alicyclic amines) is 1. The molecule has 0 amide bonds. The van der Waals surface area contributed by atoms with E-state index < -0.39 is 0 Å². The van der Waals surface area contributed by atoms with Crippen LogP contribution in [-0.4, -0.2) is 46.7 Å². The van der Waals surface area contributed by atoms with E-state index in [1.54, 1.807) is 13.2 Å². The van der Waals surface area contributed by atoms with Crippen molar-refractivity contribution in [3.8, 4) is 34.0 Å². The number of piperidine rings is 1. The molecule has 1 saturated heterocycles. The van der Waals surface area contributed by atoms with E-state index in [0.717, 1.165) is 54.0 Å². The molecule has 3 atom stereocenters. The van der Waals surface area contributed by atoms with Crippen LogP contribution >= 0.6 is 0 Å². The Balaban J connectivity index is 1.45. The van der Waals surface area contributed by atoms with Gasteiger partial charge in [-0.15, -0.1) is 0 Å². The van der Waals surface area contributed by atoms with Gasteiger partial charge in [0.25, 0.3) is 0 Å². The third kappa shape index (κ3) is 3.39. The number of phenols is 1. The third-order valence-electron chi connectivity index (χ3n) is 9.12. The van der Waals surface area contributed by atoms with Crippen LogP contribution in [0, 0.1) is 11.7 Å². The molecular weight excluding hydrogens is 477 g/mol. The molecule has 192 valence electrons. The van der Waals surface area contributed by atoms with Crippen molar-refractivity contribution in [3.05, 3.63) is 95.1 Å². The van der Waals surface area contributed by atoms with Gasteiger partial charge in [-0.25, -0.2) is 14.4 Å². The predicted octanol–water partition coefficient (Wildman–Crippen LogP) is 5.58. The number of fused-ring (bicyclic) bond motifs is 2. The summed E-state index contributed by atoms with van der Waals surface area (Å²) >= 11 is 0. The van der Waals surface area contributed by atoms with Crippen molar-refractivity contribution in [2.75, 3.05) is 20.7 Å². The Morgan fingerprint density at radius 1 is 0.947 bits per heavy atom. The highest BCUT2D eigenvalue weighted by molar-refractivity contribution is 5.78. The topological polar surface area (TPSA) is 58.5 Å². The fourth-order valence-electron chi connectivity index (χ4n) is 7.33.